The molecule has 1 aromatic rings. The predicted octanol–water partition coefficient (Wildman–Crippen LogP) is 2.89. The Morgan fingerprint density at radius 3 is 2.43 bits per heavy atom. The molecule has 0 aliphatic carbocycles. The largest absolute Gasteiger partial charge is 0.401 e. The van der Waals surface area contributed by atoms with Gasteiger partial charge in [0.1, 0.15) is 0 Å². The van der Waals surface area contributed by atoms with Gasteiger partial charge in [-0.2, -0.15) is 13.2 Å². The summed E-state index contributed by atoms with van der Waals surface area (Å²) in [6.45, 7) is 4.52. The Hall–Kier alpha value is -1.11. The molecule has 1 atom stereocenters. The Morgan fingerprint density at radius 2 is 1.87 bits per heavy atom. The van der Waals surface area contributed by atoms with Crippen LogP contribution in [0.5, 0.6) is 0 Å². The molecule has 1 heterocycles. The number of aliphatic hydroxyl groups is 1. The lowest BCUT2D eigenvalue weighted by Crippen LogP contribution is -2.38. The van der Waals surface area contributed by atoms with E-state index in [0.717, 1.165) is 31.6 Å². The first kappa shape index (κ1) is 18.2. The summed E-state index contributed by atoms with van der Waals surface area (Å²) in [5.74, 6) is 0.300. The van der Waals surface area contributed by atoms with E-state index in [4.69, 9.17) is 5.11 Å². The van der Waals surface area contributed by atoms with Crippen molar-refractivity contribution in [1.29, 1.82) is 0 Å². The Morgan fingerprint density at radius 1 is 1.22 bits per heavy atom. The molecule has 1 fully saturated rings. The number of rotatable bonds is 7. The number of benzene rings is 1. The Balaban J connectivity index is 1.80. The first-order chi connectivity index (χ1) is 10.9. The summed E-state index contributed by atoms with van der Waals surface area (Å²) in [6, 6.07) is 7.82. The molecule has 3 nitrogen and oxygen atoms in total. The topological polar surface area (TPSA) is 26.7 Å². The summed E-state index contributed by atoms with van der Waals surface area (Å²) in [5, 5.41) is 9.04. The van der Waals surface area contributed by atoms with Crippen LogP contribution < -0.4 is 0 Å². The van der Waals surface area contributed by atoms with E-state index in [2.05, 4.69) is 4.90 Å². The summed E-state index contributed by atoms with van der Waals surface area (Å²) in [6.07, 6.45) is -3.17. The maximum atomic E-state index is 12.5. The van der Waals surface area contributed by atoms with Crippen LogP contribution in [0.25, 0.3) is 0 Å². The zero-order valence-corrected chi connectivity index (χ0v) is 13.5. The normalized spacial score (nSPS) is 19.7. The highest BCUT2D eigenvalue weighted by molar-refractivity contribution is 5.22. The first-order valence-corrected chi connectivity index (χ1v) is 8.09. The van der Waals surface area contributed by atoms with Crippen molar-refractivity contribution in [2.75, 3.05) is 32.7 Å². The van der Waals surface area contributed by atoms with E-state index in [-0.39, 0.29) is 6.61 Å². The Kier molecular flexibility index (Phi) is 6.44. The average Bonchev–Trinajstić information content (AvgIpc) is 2.93. The lowest BCUT2D eigenvalue weighted by atomic mass is 10.1. The average molecular weight is 330 g/mol. The van der Waals surface area contributed by atoms with Crippen molar-refractivity contribution in [2.45, 2.75) is 32.7 Å². The molecule has 0 spiro atoms. The molecule has 2 rings (SSSR count). The molecule has 1 saturated heterocycles. The van der Waals surface area contributed by atoms with E-state index >= 15 is 0 Å². The quantitative estimate of drug-likeness (QED) is 0.833. The highest BCUT2D eigenvalue weighted by Crippen LogP contribution is 2.22. The predicted molar refractivity (Wildman–Crippen MR) is 83.9 cm³/mol. The number of hydrogen-bond acceptors (Lipinski definition) is 3. The summed E-state index contributed by atoms with van der Waals surface area (Å²) in [7, 11) is 0. The molecule has 1 N–H and O–H groups in total. The van der Waals surface area contributed by atoms with E-state index in [1.165, 1.54) is 10.5 Å². The fourth-order valence-corrected chi connectivity index (χ4v) is 3.14. The van der Waals surface area contributed by atoms with E-state index in [9.17, 15) is 13.2 Å². The number of likely N-dealkylation sites (tertiary alicyclic amines) is 1. The van der Waals surface area contributed by atoms with Crippen LogP contribution in [-0.4, -0.2) is 53.8 Å². The van der Waals surface area contributed by atoms with Crippen molar-refractivity contribution in [3.05, 3.63) is 35.4 Å². The van der Waals surface area contributed by atoms with Gasteiger partial charge < -0.3 is 5.11 Å². The van der Waals surface area contributed by atoms with Gasteiger partial charge in [-0.25, -0.2) is 0 Å². The van der Waals surface area contributed by atoms with Gasteiger partial charge in [-0.1, -0.05) is 31.2 Å². The van der Waals surface area contributed by atoms with E-state index in [0.29, 0.717) is 19.0 Å². The van der Waals surface area contributed by atoms with Crippen molar-refractivity contribution < 1.29 is 18.3 Å². The molecule has 130 valence electrons. The molecule has 0 radical (unpaired) electrons. The lowest BCUT2D eigenvalue weighted by molar-refractivity contribution is -0.146. The van der Waals surface area contributed by atoms with E-state index < -0.39 is 12.7 Å². The maximum absolute atomic E-state index is 12.5. The second-order valence-electron chi connectivity index (χ2n) is 6.31. The molecular weight excluding hydrogens is 305 g/mol. The van der Waals surface area contributed by atoms with Gasteiger partial charge in [-0.15, -0.1) is 0 Å². The minimum Gasteiger partial charge on any atom is -0.392 e. The summed E-state index contributed by atoms with van der Waals surface area (Å²) in [4.78, 5) is 3.78. The van der Waals surface area contributed by atoms with Gasteiger partial charge in [0.05, 0.1) is 13.2 Å². The number of halogens is 3. The lowest BCUT2D eigenvalue weighted by Gasteiger charge is -2.25. The molecule has 0 aromatic heterocycles. The van der Waals surface area contributed by atoms with E-state index in [1.807, 2.05) is 24.3 Å². The molecule has 1 aliphatic heterocycles. The Labute approximate surface area is 135 Å². The molecule has 0 bridgehead atoms. The minimum absolute atomic E-state index is 0.0398. The van der Waals surface area contributed by atoms with Gasteiger partial charge in [-0.3, -0.25) is 9.80 Å². The summed E-state index contributed by atoms with van der Waals surface area (Å²) < 4.78 is 37.6. The number of aliphatic hydroxyl groups excluding tert-OH is 1. The van der Waals surface area contributed by atoms with Crippen LogP contribution in [0.1, 0.15) is 24.5 Å². The Bertz CT molecular complexity index is 476. The number of nitrogens with zero attached hydrogens (tertiary/aromatic N) is 2. The molecule has 23 heavy (non-hydrogen) atoms. The van der Waals surface area contributed by atoms with Gasteiger partial charge in [0.15, 0.2) is 0 Å². The number of alkyl halides is 3. The van der Waals surface area contributed by atoms with Crippen molar-refractivity contribution in [3.63, 3.8) is 0 Å². The van der Waals surface area contributed by atoms with E-state index in [1.54, 1.807) is 6.92 Å². The SMILES string of the molecule is CCN(CC1CCN(Cc2ccc(CO)cc2)C1)CC(F)(F)F. The fourth-order valence-electron chi connectivity index (χ4n) is 3.14. The van der Waals surface area contributed by atoms with Crippen LogP contribution in [0.4, 0.5) is 13.2 Å². The highest BCUT2D eigenvalue weighted by atomic mass is 19.4. The highest BCUT2D eigenvalue weighted by Gasteiger charge is 2.32. The molecule has 6 heteroatoms. The smallest absolute Gasteiger partial charge is 0.392 e. The van der Waals surface area contributed by atoms with Crippen molar-refractivity contribution in [1.82, 2.24) is 9.80 Å². The third-order valence-corrected chi connectivity index (χ3v) is 4.35. The van der Waals surface area contributed by atoms with Gasteiger partial charge in [0, 0.05) is 19.6 Å². The molecular formula is C17H25F3N2O. The van der Waals surface area contributed by atoms with Crippen LogP contribution in [0.2, 0.25) is 0 Å². The molecule has 0 amide bonds. The summed E-state index contributed by atoms with van der Waals surface area (Å²) >= 11 is 0. The number of hydrogen-bond donors (Lipinski definition) is 1. The van der Waals surface area contributed by atoms with Crippen molar-refractivity contribution >= 4 is 0 Å². The third kappa shape index (κ3) is 6.12. The maximum Gasteiger partial charge on any atom is 0.401 e. The molecule has 1 aliphatic rings. The van der Waals surface area contributed by atoms with Crippen molar-refractivity contribution in [2.24, 2.45) is 5.92 Å². The van der Waals surface area contributed by atoms with Crippen LogP contribution in [0, 0.1) is 5.92 Å². The van der Waals surface area contributed by atoms with Gasteiger partial charge >= 0.3 is 6.18 Å². The summed E-state index contributed by atoms with van der Waals surface area (Å²) in [5.41, 5.74) is 2.06. The zero-order valence-electron chi connectivity index (χ0n) is 13.5. The molecule has 1 aromatic carbocycles. The van der Waals surface area contributed by atoms with Gasteiger partial charge in [-0.05, 0) is 36.6 Å². The van der Waals surface area contributed by atoms with Crippen molar-refractivity contribution in [3.8, 4) is 0 Å². The fraction of sp³-hybridized carbons (Fsp3) is 0.647. The van der Waals surface area contributed by atoms with Crippen LogP contribution in [0.15, 0.2) is 24.3 Å². The van der Waals surface area contributed by atoms with Crippen LogP contribution in [0.3, 0.4) is 0 Å². The minimum atomic E-state index is -4.12. The molecule has 0 saturated carbocycles. The second-order valence-corrected chi connectivity index (χ2v) is 6.31. The monoisotopic (exact) mass is 330 g/mol. The third-order valence-electron chi connectivity index (χ3n) is 4.35. The second kappa shape index (κ2) is 8.13. The van der Waals surface area contributed by atoms with Gasteiger partial charge in [0.2, 0.25) is 0 Å². The van der Waals surface area contributed by atoms with Crippen LogP contribution in [-0.2, 0) is 13.2 Å². The van der Waals surface area contributed by atoms with Gasteiger partial charge in [0.25, 0.3) is 0 Å². The first-order valence-electron chi connectivity index (χ1n) is 8.09. The van der Waals surface area contributed by atoms with Crippen LogP contribution >= 0.6 is 0 Å². The molecule has 1 unspecified atom stereocenters. The zero-order chi connectivity index (χ0) is 16.9. The standard InChI is InChI=1S/C17H25F3N2O/c1-2-21(13-17(18,19)20)10-16-7-8-22(11-16)9-14-3-5-15(12-23)6-4-14/h3-6,16,23H,2,7-13H2,1H3.